The fraction of sp³-hybridized carbons (Fsp3) is 0.923. The molecule has 0 radical (unpaired) electrons. The van der Waals surface area contributed by atoms with Gasteiger partial charge in [-0.15, -0.1) is 0 Å². The normalized spacial score (nSPS) is 10.8. The molecule has 0 heterocycles. The molecular formula is C13H28N2O2. The van der Waals surface area contributed by atoms with Crippen molar-refractivity contribution >= 4 is 5.91 Å². The van der Waals surface area contributed by atoms with Crippen LogP contribution in [-0.2, 0) is 9.53 Å². The Kier molecular flexibility index (Phi) is 11.4. The standard InChI is InChI=1S/C13H28N2O2/c1-12(2)17-11-7-6-10-15-13(16)8-4-3-5-9-14/h12H,3-11,14H2,1-2H3,(H,15,16). The molecule has 0 fully saturated rings. The van der Waals surface area contributed by atoms with Crippen LogP contribution in [0.5, 0.6) is 0 Å². The lowest BCUT2D eigenvalue weighted by atomic mass is 10.2. The zero-order valence-electron chi connectivity index (χ0n) is 11.3. The van der Waals surface area contributed by atoms with Gasteiger partial charge in [0.25, 0.3) is 0 Å². The Hall–Kier alpha value is -0.610. The summed E-state index contributed by atoms with van der Waals surface area (Å²) >= 11 is 0. The van der Waals surface area contributed by atoms with Crippen LogP contribution in [0.2, 0.25) is 0 Å². The van der Waals surface area contributed by atoms with Gasteiger partial charge in [0.05, 0.1) is 6.10 Å². The lowest BCUT2D eigenvalue weighted by molar-refractivity contribution is -0.121. The molecule has 0 aliphatic heterocycles. The number of ether oxygens (including phenoxy) is 1. The zero-order valence-corrected chi connectivity index (χ0v) is 11.3. The summed E-state index contributed by atoms with van der Waals surface area (Å²) in [5.41, 5.74) is 5.38. The molecule has 0 atom stereocenters. The molecule has 0 aliphatic rings. The second-order valence-electron chi connectivity index (χ2n) is 4.58. The Bertz CT molecular complexity index is 184. The molecule has 102 valence electrons. The van der Waals surface area contributed by atoms with Crippen molar-refractivity contribution in [2.75, 3.05) is 19.7 Å². The summed E-state index contributed by atoms with van der Waals surface area (Å²) in [5.74, 6) is 0.159. The third kappa shape index (κ3) is 13.3. The maximum Gasteiger partial charge on any atom is 0.219 e. The molecule has 0 aromatic heterocycles. The number of carbonyl (C=O) groups excluding carboxylic acids is 1. The molecule has 0 aromatic rings. The van der Waals surface area contributed by atoms with Gasteiger partial charge in [-0.1, -0.05) is 6.42 Å². The van der Waals surface area contributed by atoms with E-state index in [9.17, 15) is 4.79 Å². The van der Waals surface area contributed by atoms with Crippen LogP contribution in [0.15, 0.2) is 0 Å². The van der Waals surface area contributed by atoms with Gasteiger partial charge in [0.15, 0.2) is 0 Å². The quantitative estimate of drug-likeness (QED) is 0.545. The van der Waals surface area contributed by atoms with Crippen LogP contribution in [-0.4, -0.2) is 31.7 Å². The molecule has 4 nitrogen and oxygen atoms in total. The molecule has 0 saturated carbocycles. The van der Waals surface area contributed by atoms with Crippen molar-refractivity contribution in [2.24, 2.45) is 5.73 Å². The molecule has 4 heteroatoms. The van der Waals surface area contributed by atoms with Crippen molar-refractivity contribution in [2.45, 2.75) is 58.5 Å². The molecule has 0 bridgehead atoms. The first-order valence-electron chi connectivity index (χ1n) is 6.75. The maximum atomic E-state index is 11.4. The molecule has 0 rings (SSSR count). The summed E-state index contributed by atoms with van der Waals surface area (Å²) in [7, 11) is 0. The number of unbranched alkanes of at least 4 members (excludes halogenated alkanes) is 3. The molecule has 0 aromatic carbocycles. The van der Waals surface area contributed by atoms with E-state index in [-0.39, 0.29) is 5.91 Å². The minimum atomic E-state index is 0.159. The van der Waals surface area contributed by atoms with E-state index < -0.39 is 0 Å². The summed E-state index contributed by atoms with van der Waals surface area (Å²) in [6, 6.07) is 0. The number of nitrogens with two attached hydrogens (primary N) is 1. The lowest BCUT2D eigenvalue weighted by Crippen LogP contribution is -2.24. The number of hydrogen-bond donors (Lipinski definition) is 2. The van der Waals surface area contributed by atoms with Gasteiger partial charge in [0.1, 0.15) is 0 Å². The summed E-state index contributed by atoms with van der Waals surface area (Å²) in [5, 5.41) is 2.92. The van der Waals surface area contributed by atoms with Crippen LogP contribution in [0, 0.1) is 0 Å². The van der Waals surface area contributed by atoms with E-state index in [2.05, 4.69) is 5.32 Å². The number of amides is 1. The summed E-state index contributed by atoms with van der Waals surface area (Å²) < 4.78 is 5.42. The predicted octanol–water partition coefficient (Wildman–Crippen LogP) is 1.83. The molecule has 0 aliphatic carbocycles. The lowest BCUT2D eigenvalue weighted by Gasteiger charge is -2.08. The van der Waals surface area contributed by atoms with E-state index in [0.29, 0.717) is 12.5 Å². The van der Waals surface area contributed by atoms with Crippen molar-refractivity contribution in [3.63, 3.8) is 0 Å². The van der Waals surface area contributed by atoms with Crippen LogP contribution >= 0.6 is 0 Å². The molecule has 0 saturated heterocycles. The molecule has 17 heavy (non-hydrogen) atoms. The van der Waals surface area contributed by atoms with Gasteiger partial charge in [-0.25, -0.2) is 0 Å². The Labute approximate surface area is 105 Å². The van der Waals surface area contributed by atoms with E-state index in [1.54, 1.807) is 0 Å². The monoisotopic (exact) mass is 244 g/mol. The first-order valence-corrected chi connectivity index (χ1v) is 6.75. The van der Waals surface area contributed by atoms with Crippen molar-refractivity contribution in [1.82, 2.24) is 5.32 Å². The van der Waals surface area contributed by atoms with Gasteiger partial charge in [0.2, 0.25) is 5.91 Å². The SMILES string of the molecule is CC(C)OCCCCNC(=O)CCCCCN. The average Bonchev–Trinajstić information content (AvgIpc) is 2.29. The fourth-order valence-electron chi connectivity index (χ4n) is 1.47. The summed E-state index contributed by atoms with van der Waals surface area (Å²) in [6.07, 6.45) is 5.92. The van der Waals surface area contributed by atoms with E-state index >= 15 is 0 Å². The molecule has 1 amide bonds. The van der Waals surface area contributed by atoms with Crippen LogP contribution in [0.3, 0.4) is 0 Å². The van der Waals surface area contributed by atoms with E-state index in [4.69, 9.17) is 10.5 Å². The van der Waals surface area contributed by atoms with Gasteiger partial charge in [-0.3, -0.25) is 4.79 Å². The van der Waals surface area contributed by atoms with Crippen molar-refractivity contribution in [3.05, 3.63) is 0 Å². The fourth-order valence-corrected chi connectivity index (χ4v) is 1.47. The highest BCUT2D eigenvalue weighted by molar-refractivity contribution is 5.75. The largest absolute Gasteiger partial charge is 0.379 e. The second-order valence-corrected chi connectivity index (χ2v) is 4.58. The topological polar surface area (TPSA) is 64.3 Å². The highest BCUT2D eigenvalue weighted by atomic mass is 16.5. The van der Waals surface area contributed by atoms with Crippen LogP contribution in [0.4, 0.5) is 0 Å². The number of hydrogen-bond acceptors (Lipinski definition) is 3. The van der Waals surface area contributed by atoms with E-state index in [0.717, 1.165) is 51.8 Å². The van der Waals surface area contributed by atoms with Crippen molar-refractivity contribution in [1.29, 1.82) is 0 Å². The summed E-state index contributed by atoms with van der Waals surface area (Å²) in [4.78, 5) is 11.4. The van der Waals surface area contributed by atoms with Gasteiger partial charge in [0, 0.05) is 19.6 Å². The van der Waals surface area contributed by atoms with Crippen LogP contribution in [0.25, 0.3) is 0 Å². The molecular weight excluding hydrogens is 216 g/mol. The second kappa shape index (κ2) is 11.9. The van der Waals surface area contributed by atoms with E-state index in [1.165, 1.54) is 0 Å². The van der Waals surface area contributed by atoms with Gasteiger partial charge < -0.3 is 15.8 Å². The van der Waals surface area contributed by atoms with E-state index in [1.807, 2.05) is 13.8 Å². The van der Waals surface area contributed by atoms with Crippen molar-refractivity contribution < 1.29 is 9.53 Å². The maximum absolute atomic E-state index is 11.4. The predicted molar refractivity (Wildman–Crippen MR) is 70.9 cm³/mol. The smallest absolute Gasteiger partial charge is 0.219 e. The number of carbonyl (C=O) groups is 1. The minimum Gasteiger partial charge on any atom is -0.379 e. The Balaban J connectivity index is 3.16. The van der Waals surface area contributed by atoms with Crippen LogP contribution in [0.1, 0.15) is 52.4 Å². The first-order chi connectivity index (χ1) is 8.16. The number of rotatable bonds is 11. The summed E-state index contributed by atoms with van der Waals surface area (Å²) in [6.45, 7) is 6.32. The van der Waals surface area contributed by atoms with Gasteiger partial charge in [-0.2, -0.15) is 0 Å². The molecule has 0 spiro atoms. The average molecular weight is 244 g/mol. The van der Waals surface area contributed by atoms with Crippen LogP contribution < -0.4 is 11.1 Å². The Morgan fingerprint density at radius 2 is 1.94 bits per heavy atom. The van der Waals surface area contributed by atoms with Gasteiger partial charge in [-0.05, 0) is 46.1 Å². The third-order valence-corrected chi connectivity index (χ3v) is 2.45. The minimum absolute atomic E-state index is 0.159. The Morgan fingerprint density at radius 3 is 2.59 bits per heavy atom. The van der Waals surface area contributed by atoms with Crippen molar-refractivity contribution in [3.8, 4) is 0 Å². The highest BCUT2D eigenvalue weighted by Crippen LogP contribution is 1.98. The van der Waals surface area contributed by atoms with Gasteiger partial charge >= 0.3 is 0 Å². The first kappa shape index (κ1) is 16.4. The third-order valence-electron chi connectivity index (χ3n) is 2.45. The Morgan fingerprint density at radius 1 is 1.18 bits per heavy atom. The molecule has 0 unspecified atom stereocenters. The number of nitrogens with one attached hydrogen (secondary N) is 1. The molecule has 3 N–H and O–H groups in total. The highest BCUT2D eigenvalue weighted by Gasteiger charge is 2.00. The zero-order chi connectivity index (χ0) is 12.9.